The molecule has 2 heteroatoms. The molecule has 60 valence electrons. The van der Waals surface area contributed by atoms with Crippen molar-refractivity contribution in [2.45, 2.75) is 24.9 Å². The van der Waals surface area contributed by atoms with Gasteiger partial charge in [0.15, 0.2) is 5.78 Å². The van der Waals surface area contributed by atoms with Crippen LogP contribution in [-0.2, 0) is 4.79 Å². The molecule has 0 spiro atoms. The van der Waals surface area contributed by atoms with E-state index in [-0.39, 0.29) is 5.78 Å². The summed E-state index contributed by atoms with van der Waals surface area (Å²) in [6.07, 6.45) is 6.18. The Morgan fingerprint density at radius 1 is 1.82 bits per heavy atom. The molecule has 0 saturated heterocycles. The number of carbonyl (C=O) groups excluding carboxylic acids is 1. The van der Waals surface area contributed by atoms with Crippen molar-refractivity contribution in [3.63, 3.8) is 0 Å². The van der Waals surface area contributed by atoms with Gasteiger partial charge in [0.1, 0.15) is 0 Å². The summed E-state index contributed by atoms with van der Waals surface area (Å²) in [6, 6.07) is 0. The SMILES string of the molecule is C=CCC1(O)C=CC(=O)CC1. The zero-order chi connectivity index (χ0) is 8.32. The van der Waals surface area contributed by atoms with Crippen molar-refractivity contribution < 1.29 is 9.90 Å². The van der Waals surface area contributed by atoms with Gasteiger partial charge < -0.3 is 5.11 Å². The van der Waals surface area contributed by atoms with E-state index in [1.807, 2.05) is 0 Å². The van der Waals surface area contributed by atoms with Crippen LogP contribution in [0.15, 0.2) is 24.8 Å². The third-order valence-corrected chi connectivity index (χ3v) is 1.88. The maximum Gasteiger partial charge on any atom is 0.155 e. The van der Waals surface area contributed by atoms with Gasteiger partial charge in [-0.3, -0.25) is 4.79 Å². The van der Waals surface area contributed by atoms with Gasteiger partial charge in [-0.25, -0.2) is 0 Å². The molecular formula is C9H12O2. The first-order valence-electron chi connectivity index (χ1n) is 3.72. The van der Waals surface area contributed by atoms with E-state index in [2.05, 4.69) is 6.58 Å². The summed E-state index contributed by atoms with van der Waals surface area (Å²) < 4.78 is 0. The summed E-state index contributed by atoms with van der Waals surface area (Å²) in [5.74, 6) is 0.0961. The van der Waals surface area contributed by atoms with Crippen molar-refractivity contribution in [2.75, 3.05) is 0 Å². The first-order chi connectivity index (χ1) is 5.16. The number of hydrogen-bond donors (Lipinski definition) is 1. The fraction of sp³-hybridized carbons (Fsp3) is 0.444. The number of allylic oxidation sites excluding steroid dienone is 1. The monoisotopic (exact) mass is 152 g/mol. The highest BCUT2D eigenvalue weighted by molar-refractivity contribution is 5.90. The summed E-state index contributed by atoms with van der Waals surface area (Å²) in [5, 5.41) is 9.68. The molecule has 1 aliphatic carbocycles. The molecule has 1 aliphatic rings. The van der Waals surface area contributed by atoms with Gasteiger partial charge in [-0.05, 0) is 25.0 Å². The molecular weight excluding hydrogens is 140 g/mol. The van der Waals surface area contributed by atoms with Crippen LogP contribution in [0.1, 0.15) is 19.3 Å². The number of ketones is 1. The van der Waals surface area contributed by atoms with Crippen LogP contribution in [-0.4, -0.2) is 16.5 Å². The van der Waals surface area contributed by atoms with Crippen LogP contribution in [0.3, 0.4) is 0 Å². The lowest BCUT2D eigenvalue weighted by molar-refractivity contribution is -0.116. The molecule has 0 radical (unpaired) electrons. The van der Waals surface area contributed by atoms with Crippen LogP contribution in [0.5, 0.6) is 0 Å². The molecule has 0 aromatic rings. The molecule has 1 N–H and O–H groups in total. The highest BCUT2D eigenvalue weighted by atomic mass is 16.3. The third kappa shape index (κ3) is 2.02. The molecule has 0 aromatic heterocycles. The zero-order valence-electron chi connectivity index (χ0n) is 6.42. The Balaban J connectivity index is 2.66. The molecule has 0 aliphatic heterocycles. The smallest absolute Gasteiger partial charge is 0.155 e. The molecule has 11 heavy (non-hydrogen) atoms. The van der Waals surface area contributed by atoms with Crippen LogP contribution in [0.4, 0.5) is 0 Å². The minimum Gasteiger partial charge on any atom is -0.385 e. The van der Waals surface area contributed by atoms with Gasteiger partial charge in [0.25, 0.3) is 0 Å². The van der Waals surface area contributed by atoms with Gasteiger partial charge in [-0.15, -0.1) is 6.58 Å². The number of carbonyl (C=O) groups is 1. The van der Waals surface area contributed by atoms with E-state index < -0.39 is 5.60 Å². The maximum atomic E-state index is 10.7. The second-order valence-electron chi connectivity index (χ2n) is 2.90. The zero-order valence-corrected chi connectivity index (χ0v) is 6.42. The quantitative estimate of drug-likeness (QED) is 0.604. The maximum absolute atomic E-state index is 10.7. The summed E-state index contributed by atoms with van der Waals surface area (Å²) in [5.41, 5.74) is -0.810. The van der Waals surface area contributed by atoms with Crippen molar-refractivity contribution in [1.29, 1.82) is 0 Å². The van der Waals surface area contributed by atoms with E-state index in [9.17, 15) is 9.90 Å². The van der Waals surface area contributed by atoms with Crippen LogP contribution in [0.2, 0.25) is 0 Å². The van der Waals surface area contributed by atoms with E-state index in [0.29, 0.717) is 19.3 Å². The topological polar surface area (TPSA) is 37.3 Å². The third-order valence-electron chi connectivity index (χ3n) is 1.88. The minimum absolute atomic E-state index is 0.0961. The number of rotatable bonds is 2. The molecule has 0 amide bonds. The van der Waals surface area contributed by atoms with Gasteiger partial charge >= 0.3 is 0 Å². The van der Waals surface area contributed by atoms with Crippen molar-refractivity contribution in [3.8, 4) is 0 Å². The summed E-state index contributed by atoms with van der Waals surface area (Å²) in [4.78, 5) is 10.7. The lowest BCUT2D eigenvalue weighted by Crippen LogP contribution is -2.28. The second kappa shape index (κ2) is 3.01. The number of hydrogen-bond acceptors (Lipinski definition) is 2. The second-order valence-corrected chi connectivity index (χ2v) is 2.90. The van der Waals surface area contributed by atoms with Crippen molar-refractivity contribution in [1.82, 2.24) is 0 Å². The Morgan fingerprint density at radius 3 is 3.00 bits per heavy atom. The molecule has 0 saturated carbocycles. The van der Waals surface area contributed by atoms with Crippen LogP contribution in [0.25, 0.3) is 0 Å². The van der Waals surface area contributed by atoms with E-state index in [4.69, 9.17) is 0 Å². The van der Waals surface area contributed by atoms with Gasteiger partial charge in [0.2, 0.25) is 0 Å². The van der Waals surface area contributed by atoms with Crippen LogP contribution in [0, 0.1) is 0 Å². The lowest BCUT2D eigenvalue weighted by Gasteiger charge is -2.25. The minimum atomic E-state index is -0.810. The van der Waals surface area contributed by atoms with Crippen molar-refractivity contribution in [3.05, 3.63) is 24.8 Å². The largest absolute Gasteiger partial charge is 0.385 e. The molecule has 1 atom stereocenters. The van der Waals surface area contributed by atoms with E-state index in [1.165, 1.54) is 6.08 Å². The first kappa shape index (κ1) is 8.21. The van der Waals surface area contributed by atoms with Gasteiger partial charge in [0.05, 0.1) is 5.60 Å². The standard InChI is InChI=1S/C9H12O2/c1-2-5-9(11)6-3-8(10)4-7-9/h2-3,6,11H,1,4-5,7H2. The van der Waals surface area contributed by atoms with Gasteiger partial charge in [-0.2, -0.15) is 0 Å². The lowest BCUT2D eigenvalue weighted by atomic mass is 9.88. The molecule has 2 nitrogen and oxygen atoms in total. The molecule has 1 rings (SSSR count). The normalized spacial score (nSPS) is 30.5. The van der Waals surface area contributed by atoms with Crippen LogP contribution < -0.4 is 0 Å². The molecule has 1 unspecified atom stereocenters. The average molecular weight is 152 g/mol. The predicted molar refractivity (Wildman–Crippen MR) is 43.1 cm³/mol. The molecule has 0 heterocycles. The highest BCUT2D eigenvalue weighted by Gasteiger charge is 2.25. The molecule has 0 fully saturated rings. The predicted octanol–water partition coefficient (Wildman–Crippen LogP) is 1.21. The summed E-state index contributed by atoms with van der Waals surface area (Å²) in [7, 11) is 0. The fourth-order valence-corrected chi connectivity index (χ4v) is 1.17. The highest BCUT2D eigenvalue weighted by Crippen LogP contribution is 2.23. The number of aliphatic hydroxyl groups is 1. The van der Waals surface area contributed by atoms with Crippen molar-refractivity contribution in [2.24, 2.45) is 0 Å². The Kier molecular flexibility index (Phi) is 2.25. The van der Waals surface area contributed by atoms with Gasteiger partial charge in [-0.1, -0.05) is 6.08 Å². The van der Waals surface area contributed by atoms with E-state index in [1.54, 1.807) is 12.2 Å². The Bertz CT molecular complexity index is 206. The van der Waals surface area contributed by atoms with Crippen LogP contribution >= 0.6 is 0 Å². The summed E-state index contributed by atoms with van der Waals surface area (Å²) >= 11 is 0. The average Bonchev–Trinajstić information content (AvgIpc) is 1.97. The molecule has 0 aromatic carbocycles. The Labute approximate surface area is 66.2 Å². The van der Waals surface area contributed by atoms with E-state index in [0.717, 1.165) is 0 Å². The molecule has 0 bridgehead atoms. The van der Waals surface area contributed by atoms with Gasteiger partial charge in [0, 0.05) is 6.42 Å². The Hall–Kier alpha value is -0.890. The fourth-order valence-electron chi connectivity index (χ4n) is 1.17. The summed E-state index contributed by atoms with van der Waals surface area (Å²) in [6.45, 7) is 3.54. The first-order valence-corrected chi connectivity index (χ1v) is 3.72. The van der Waals surface area contributed by atoms with E-state index >= 15 is 0 Å². The van der Waals surface area contributed by atoms with Crippen molar-refractivity contribution >= 4 is 5.78 Å². The Morgan fingerprint density at radius 2 is 2.55 bits per heavy atom.